The van der Waals surface area contributed by atoms with E-state index >= 15 is 0 Å². The minimum atomic E-state index is -0.884. The van der Waals surface area contributed by atoms with Crippen LogP contribution in [0.15, 0.2) is 0 Å². The van der Waals surface area contributed by atoms with Gasteiger partial charge in [-0.3, -0.25) is 4.79 Å². The summed E-state index contributed by atoms with van der Waals surface area (Å²) >= 11 is 1.55. The van der Waals surface area contributed by atoms with Gasteiger partial charge in [0.2, 0.25) is 5.91 Å². The van der Waals surface area contributed by atoms with E-state index < -0.39 is 5.60 Å². The van der Waals surface area contributed by atoms with Crippen molar-refractivity contribution in [1.82, 2.24) is 9.88 Å². The zero-order valence-electron chi connectivity index (χ0n) is 13.8. The standard InChI is InChI=1S/C16H27N3O2S/c1-4-7-16(21,8-5-2)10-14(20)18-15-17-12-6-9-19(3)11-13(12)22-15/h21H,4-11H2,1-3H3,(H,17,18,20). The van der Waals surface area contributed by atoms with Crippen LogP contribution >= 0.6 is 11.3 Å². The summed E-state index contributed by atoms with van der Waals surface area (Å²) in [6.07, 6.45) is 4.16. The number of carbonyl (C=O) groups excluding carboxylic acids is 1. The number of fused-ring (bicyclic) bond motifs is 1. The summed E-state index contributed by atoms with van der Waals surface area (Å²) in [6, 6.07) is 0. The summed E-state index contributed by atoms with van der Waals surface area (Å²) in [5, 5.41) is 14.1. The number of nitrogens with zero attached hydrogens (tertiary/aromatic N) is 2. The van der Waals surface area contributed by atoms with Crippen LogP contribution in [0.2, 0.25) is 0 Å². The van der Waals surface area contributed by atoms with E-state index in [9.17, 15) is 9.90 Å². The number of amides is 1. The summed E-state index contributed by atoms with van der Waals surface area (Å²) in [6.45, 7) is 5.98. The molecule has 6 heteroatoms. The van der Waals surface area contributed by atoms with Crippen molar-refractivity contribution in [3.63, 3.8) is 0 Å². The third-order valence-corrected chi connectivity index (χ3v) is 5.09. The smallest absolute Gasteiger partial charge is 0.229 e. The first-order valence-corrected chi connectivity index (χ1v) is 8.96. The Morgan fingerprint density at radius 2 is 2.09 bits per heavy atom. The SMILES string of the molecule is CCCC(O)(CCC)CC(=O)Nc1nc2c(s1)CN(C)CC2. The van der Waals surface area contributed by atoms with Crippen LogP contribution in [0.4, 0.5) is 5.13 Å². The summed E-state index contributed by atoms with van der Waals surface area (Å²) in [5.74, 6) is -0.135. The number of aromatic nitrogens is 1. The molecule has 0 aliphatic carbocycles. The van der Waals surface area contributed by atoms with Crippen molar-refractivity contribution in [2.45, 2.75) is 64.5 Å². The average molecular weight is 325 g/mol. The van der Waals surface area contributed by atoms with Gasteiger partial charge >= 0.3 is 0 Å². The number of hydrogen-bond donors (Lipinski definition) is 2. The van der Waals surface area contributed by atoms with E-state index in [4.69, 9.17) is 0 Å². The van der Waals surface area contributed by atoms with E-state index in [1.54, 1.807) is 11.3 Å². The molecule has 0 aromatic carbocycles. The van der Waals surface area contributed by atoms with E-state index in [0.29, 0.717) is 18.0 Å². The molecule has 1 aromatic rings. The number of carbonyl (C=O) groups is 1. The Morgan fingerprint density at radius 1 is 1.41 bits per heavy atom. The number of nitrogens with one attached hydrogen (secondary N) is 1. The number of thiazole rings is 1. The Balaban J connectivity index is 1.97. The maximum absolute atomic E-state index is 12.2. The number of anilines is 1. The molecule has 0 saturated carbocycles. The molecule has 5 nitrogen and oxygen atoms in total. The Labute approximate surface area is 136 Å². The molecular formula is C16H27N3O2S. The van der Waals surface area contributed by atoms with E-state index in [1.165, 1.54) is 4.88 Å². The van der Waals surface area contributed by atoms with Crippen molar-refractivity contribution in [1.29, 1.82) is 0 Å². The topological polar surface area (TPSA) is 65.5 Å². The van der Waals surface area contributed by atoms with Gasteiger partial charge in [0.15, 0.2) is 5.13 Å². The maximum atomic E-state index is 12.2. The monoisotopic (exact) mass is 325 g/mol. The van der Waals surface area contributed by atoms with Crippen molar-refractivity contribution >= 4 is 22.4 Å². The average Bonchev–Trinajstić information content (AvgIpc) is 2.79. The Hall–Kier alpha value is -0.980. The van der Waals surface area contributed by atoms with Gasteiger partial charge < -0.3 is 15.3 Å². The molecule has 0 bridgehead atoms. The third-order valence-electron chi connectivity index (χ3n) is 4.09. The van der Waals surface area contributed by atoms with Gasteiger partial charge in [0.05, 0.1) is 17.7 Å². The van der Waals surface area contributed by atoms with Crippen molar-refractivity contribution in [2.24, 2.45) is 0 Å². The molecular weight excluding hydrogens is 298 g/mol. The highest BCUT2D eigenvalue weighted by Crippen LogP contribution is 2.29. The Morgan fingerprint density at radius 3 is 2.73 bits per heavy atom. The lowest BCUT2D eigenvalue weighted by atomic mass is 9.89. The van der Waals surface area contributed by atoms with Gasteiger partial charge in [-0.05, 0) is 19.9 Å². The first-order chi connectivity index (χ1) is 10.5. The van der Waals surface area contributed by atoms with Crippen LogP contribution in [0.5, 0.6) is 0 Å². The van der Waals surface area contributed by atoms with Crippen LogP contribution in [0, 0.1) is 0 Å². The molecule has 1 amide bonds. The van der Waals surface area contributed by atoms with Crippen LogP contribution in [0.1, 0.15) is 56.5 Å². The van der Waals surface area contributed by atoms with Gasteiger partial charge in [0.1, 0.15) is 0 Å². The molecule has 1 aromatic heterocycles. The number of likely N-dealkylation sites (N-methyl/N-ethyl adjacent to an activating group) is 1. The zero-order valence-corrected chi connectivity index (χ0v) is 14.6. The molecule has 22 heavy (non-hydrogen) atoms. The highest BCUT2D eigenvalue weighted by molar-refractivity contribution is 7.15. The van der Waals surface area contributed by atoms with Crippen LogP contribution in [0.25, 0.3) is 0 Å². The number of hydrogen-bond acceptors (Lipinski definition) is 5. The fourth-order valence-corrected chi connectivity index (χ4v) is 4.18. The summed E-state index contributed by atoms with van der Waals surface area (Å²) in [5.41, 5.74) is 0.223. The van der Waals surface area contributed by atoms with Gasteiger partial charge in [-0.15, -0.1) is 11.3 Å². The van der Waals surface area contributed by atoms with E-state index in [0.717, 1.165) is 38.0 Å². The lowest BCUT2D eigenvalue weighted by Crippen LogP contribution is -2.33. The van der Waals surface area contributed by atoms with Gasteiger partial charge in [0, 0.05) is 24.4 Å². The van der Waals surface area contributed by atoms with Gasteiger partial charge in [-0.1, -0.05) is 26.7 Å². The molecule has 0 fully saturated rings. The molecule has 2 heterocycles. The van der Waals surface area contributed by atoms with E-state index in [1.807, 2.05) is 13.8 Å². The molecule has 0 saturated heterocycles. The second-order valence-electron chi connectivity index (χ2n) is 6.33. The molecule has 0 atom stereocenters. The molecule has 0 spiro atoms. The lowest BCUT2D eigenvalue weighted by molar-refractivity contribution is -0.121. The van der Waals surface area contributed by atoms with Crippen LogP contribution < -0.4 is 5.32 Å². The fourth-order valence-electron chi connectivity index (χ4n) is 3.07. The van der Waals surface area contributed by atoms with Crippen molar-refractivity contribution in [2.75, 3.05) is 18.9 Å². The molecule has 0 unspecified atom stereocenters. The predicted octanol–water partition coefficient (Wildman–Crippen LogP) is 2.79. The molecule has 2 N–H and O–H groups in total. The second-order valence-corrected chi connectivity index (χ2v) is 7.41. The Bertz CT molecular complexity index is 509. The second kappa shape index (κ2) is 7.53. The van der Waals surface area contributed by atoms with Gasteiger partial charge in [-0.25, -0.2) is 4.98 Å². The van der Waals surface area contributed by atoms with E-state index in [2.05, 4.69) is 22.2 Å². The minimum Gasteiger partial charge on any atom is -0.389 e. The predicted molar refractivity (Wildman–Crippen MR) is 90.2 cm³/mol. The first-order valence-electron chi connectivity index (χ1n) is 8.15. The van der Waals surface area contributed by atoms with Crippen molar-refractivity contribution in [3.05, 3.63) is 10.6 Å². The van der Waals surface area contributed by atoms with Crippen molar-refractivity contribution < 1.29 is 9.90 Å². The third kappa shape index (κ3) is 4.51. The van der Waals surface area contributed by atoms with E-state index in [-0.39, 0.29) is 12.3 Å². The number of aliphatic hydroxyl groups is 1. The van der Waals surface area contributed by atoms with Crippen molar-refractivity contribution in [3.8, 4) is 0 Å². The number of rotatable bonds is 7. The van der Waals surface area contributed by atoms with Crippen LogP contribution in [0.3, 0.4) is 0 Å². The van der Waals surface area contributed by atoms with Gasteiger partial charge in [-0.2, -0.15) is 0 Å². The molecule has 124 valence electrons. The molecule has 1 aliphatic heterocycles. The van der Waals surface area contributed by atoms with Crippen LogP contribution in [-0.4, -0.2) is 40.1 Å². The molecule has 1 aliphatic rings. The van der Waals surface area contributed by atoms with Gasteiger partial charge in [0.25, 0.3) is 0 Å². The molecule has 2 rings (SSSR count). The zero-order chi connectivity index (χ0) is 16.2. The normalized spacial score (nSPS) is 15.6. The highest BCUT2D eigenvalue weighted by atomic mass is 32.1. The maximum Gasteiger partial charge on any atom is 0.229 e. The Kier molecular flexibility index (Phi) is 5.94. The highest BCUT2D eigenvalue weighted by Gasteiger charge is 2.29. The molecule has 0 radical (unpaired) electrons. The fraction of sp³-hybridized carbons (Fsp3) is 0.750. The quantitative estimate of drug-likeness (QED) is 0.809. The minimum absolute atomic E-state index is 0.135. The first kappa shape index (κ1) is 17.4. The largest absolute Gasteiger partial charge is 0.389 e. The summed E-state index contributed by atoms with van der Waals surface area (Å²) in [7, 11) is 2.09. The lowest BCUT2D eigenvalue weighted by Gasteiger charge is -2.26. The summed E-state index contributed by atoms with van der Waals surface area (Å²) < 4.78 is 0. The summed E-state index contributed by atoms with van der Waals surface area (Å²) in [4.78, 5) is 20.3. The van der Waals surface area contributed by atoms with Crippen LogP contribution in [-0.2, 0) is 17.8 Å².